The molecule has 1 N–H and O–H groups in total. The van der Waals surface area contributed by atoms with Gasteiger partial charge in [-0.2, -0.15) is 0 Å². The molecular formula is C15H22Cl2N2. The molecule has 1 saturated heterocycles. The number of piperidine rings is 1. The molecule has 1 aromatic rings. The van der Waals surface area contributed by atoms with Crippen LogP contribution in [-0.4, -0.2) is 31.1 Å². The van der Waals surface area contributed by atoms with Crippen molar-refractivity contribution in [2.24, 2.45) is 0 Å². The van der Waals surface area contributed by atoms with Crippen LogP contribution in [0.15, 0.2) is 18.2 Å². The van der Waals surface area contributed by atoms with Crippen LogP contribution < -0.4 is 5.32 Å². The molecule has 106 valence electrons. The summed E-state index contributed by atoms with van der Waals surface area (Å²) >= 11 is 12.2. The first-order chi connectivity index (χ1) is 9.20. The molecular weight excluding hydrogens is 279 g/mol. The van der Waals surface area contributed by atoms with E-state index in [1.807, 2.05) is 19.2 Å². The molecule has 4 heteroatoms. The Kier molecular flexibility index (Phi) is 5.96. The summed E-state index contributed by atoms with van der Waals surface area (Å²) in [5.74, 6) is 0. The van der Waals surface area contributed by atoms with Gasteiger partial charge in [-0.1, -0.05) is 35.7 Å². The number of benzene rings is 1. The summed E-state index contributed by atoms with van der Waals surface area (Å²) in [6.07, 6.45) is 5.15. The van der Waals surface area contributed by atoms with E-state index in [9.17, 15) is 0 Å². The summed E-state index contributed by atoms with van der Waals surface area (Å²) in [5, 5.41) is 4.74. The van der Waals surface area contributed by atoms with Crippen molar-refractivity contribution in [2.75, 3.05) is 20.1 Å². The van der Waals surface area contributed by atoms with Gasteiger partial charge in [0.1, 0.15) is 0 Å². The number of hydrogen-bond donors (Lipinski definition) is 1. The largest absolute Gasteiger partial charge is 0.320 e. The smallest absolute Gasteiger partial charge is 0.0465 e. The van der Waals surface area contributed by atoms with Crippen LogP contribution in [0.25, 0.3) is 0 Å². The average molecular weight is 301 g/mol. The molecule has 0 aliphatic carbocycles. The standard InChI is InChI=1S/C15H22Cl2N2/c1-18-8-7-14-4-2-3-9-19(14)11-12-5-6-13(16)10-15(12)17/h5-6,10,14,18H,2-4,7-9,11H2,1H3. The lowest BCUT2D eigenvalue weighted by atomic mass is 9.98. The van der Waals surface area contributed by atoms with Crippen molar-refractivity contribution in [3.8, 4) is 0 Å². The van der Waals surface area contributed by atoms with Crippen molar-refractivity contribution in [1.82, 2.24) is 10.2 Å². The van der Waals surface area contributed by atoms with Crippen molar-refractivity contribution in [3.05, 3.63) is 33.8 Å². The zero-order valence-electron chi connectivity index (χ0n) is 11.5. The third-order valence-corrected chi connectivity index (χ3v) is 4.45. The minimum absolute atomic E-state index is 0.674. The minimum atomic E-state index is 0.674. The van der Waals surface area contributed by atoms with Gasteiger partial charge in [0.25, 0.3) is 0 Å². The fraction of sp³-hybridized carbons (Fsp3) is 0.600. The summed E-state index contributed by atoms with van der Waals surface area (Å²) < 4.78 is 0. The Balaban J connectivity index is 2.02. The van der Waals surface area contributed by atoms with Gasteiger partial charge in [-0.3, -0.25) is 4.90 Å². The topological polar surface area (TPSA) is 15.3 Å². The molecule has 1 unspecified atom stereocenters. The molecule has 1 aliphatic heterocycles. The highest BCUT2D eigenvalue weighted by molar-refractivity contribution is 6.35. The summed E-state index contributed by atoms with van der Waals surface area (Å²) in [7, 11) is 2.02. The maximum Gasteiger partial charge on any atom is 0.0465 e. The lowest BCUT2D eigenvalue weighted by Crippen LogP contribution is -2.40. The number of likely N-dealkylation sites (tertiary alicyclic amines) is 1. The fourth-order valence-electron chi connectivity index (χ4n) is 2.77. The fourth-order valence-corrected chi connectivity index (χ4v) is 3.24. The molecule has 19 heavy (non-hydrogen) atoms. The van der Waals surface area contributed by atoms with Crippen LogP contribution in [0.3, 0.4) is 0 Å². The van der Waals surface area contributed by atoms with E-state index in [1.165, 1.54) is 37.8 Å². The van der Waals surface area contributed by atoms with Crippen LogP contribution in [-0.2, 0) is 6.54 Å². The zero-order chi connectivity index (χ0) is 13.7. The first-order valence-electron chi connectivity index (χ1n) is 7.03. The lowest BCUT2D eigenvalue weighted by Gasteiger charge is -2.36. The van der Waals surface area contributed by atoms with E-state index in [-0.39, 0.29) is 0 Å². The highest BCUT2D eigenvalue weighted by Gasteiger charge is 2.22. The second-order valence-corrected chi connectivity index (χ2v) is 6.09. The monoisotopic (exact) mass is 300 g/mol. The summed E-state index contributed by atoms with van der Waals surface area (Å²) in [6.45, 7) is 3.19. The second kappa shape index (κ2) is 7.49. The molecule has 0 radical (unpaired) electrons. The van der Waals surface area contributed by atoms with Gasteiger partial charge in [0.05, 0.1) is 0 Å². The molecule has 0 aromatic heterocycles. The first-order valence-corrected chi connectivity index (χ1v) is 7.79. The number of rotatable bonds is 5. The molecule has 0 saturated carbocycles. The quantitative estimate of drug-likeness (QED) is 0.885. The minimum Gasteiger partial charge on any atom is -0.320 e. The van der Waals surface area contributed by atoms with Crippen LogP contribution >= 0.6 is 23.2 Å². The molecule has 1 aromatic carbocycles. The second-order valence-electron chi connectivity index (χ2n) is 5.25. The van der Waals surface area contributed by atoms with Gasteiger partial charge in [-0.15, -0.1) is 0 Å². The summed E-state index contributed by atoms with van der Waals surface area (Å²) in [6, 6.07) is 6.49. The predicted molar refractivity (Wildman–Crippen MR) is 83.1 cm³/mol. The zero-order valence-corrected chi connectivity index (χ0v) is 13.0. The highest BCUT2D eigenvalue weighted by atomic mass is 35.5. The van der Waals surface area contributed by atoms with Crippen molar-refractivity contribution >= 4 is 23.2 Å². The van der Waals surface area contributed by atoms with Crippen molar-refractivity contribution in [1.29, 1.82) is 0 Å². The van der Waals surface area contributed by atoms with Gasteiger partial charge in [0.2, 0.25) is 0 Å². The number of nitrogens with one attached hydrogen (secondary N) is 1. The molecule has 1 fully saturated rings. The average Bonchev–Trinajstić information content (AvgIpc) is 2.41. The molecule has 1 aliphatic rings. The number of halogens is 2. The van der Waals surface area contributed by atoms with Crippen molar-refractivity contribution < 1.29 is 0 Å². The van der Waals surface area contributed by atoms with Crippen LogP contribution in [0.5, 0.6) is 0 Å². The molecule has 2 rings (SSSR count). The Morgan fingerprint density at radius 2 is 2.16 bits per heavy atom. The summed E-state index contributed by atoms with van der Waals surface area (Å²) in [5.41, 5.74) is 1.18. The summed E-state index contributed by atoms with van der Waals surface area (Å²) in [4.78, 5) is 2.57. The Hall–Kier alpha value is -0.280. The van der Waals surface area contributed by atoms with Crippen molar-refractivity contribution in [2.45, 2.75) is 38.3 Å². The van der Waals surface area contributed by atoms with Crippen molar-refractivity contribution in [3.63, 3.8) is 0 Å². The van der Waals surface area contributed by atoms with Crippen LogP contribution in [0, 0.1) is 0 Å². The van der Waals surface area contributed by atoms with E-state index < -0.39 is 0 Å². The van der Waals surface area contributed by atoms with E-state index in [2.05, 4.69) is 16.3 Å². The van der Waals surface area contributed by atoms with Gasteiger partial charge >= 0.3 is 0 Å². The molecule has 0 bridgehead atoms. The van der Waals surface area contributed by atoms with E-state index >= 15 is 0 Å². The number of nitrogens with zero attached hydrogens (tertiary/aromatic N) is 1. The third kappa shape index (κ3) is 4.35. The molecule has 0 spiro atoms. The van der Waals surface area contributed by atoms with E-state index in [0.717, 1.165) is 18.1 Å². The maximum atomic E-state index is 6.28. The molecule has 1 heterocycles. The van der Waals surface area contributed by atoms with Gasteiger partial charge in [0.15, 0.2) is 0 Å². The lowest BCUT2D eigenvalue weighted by molar-refractivity contribution is 0.132. The van der Waals surface area contributed by atoms with Gasteiger partial charge in [-0.05, 0) is 57.1 Å². The van der Waals surface area contributed by atoms with E-state index in [0.29, 0.717) is 11.1 Å². The van der Waals surface area contributed by atoms with Gasteiger partial charge in [0, 0.05) is 22.6 Å². The molecule has 0 amide bonds. The van der Waals surface area contributed by atoms with Crippen LogP contribution in [0.1, 0.15) is 31.2 Å². The van der Waals surface area contributed by atoms with Gasteiger partial charge in [-0.25, -0.2) is 0 Å². The SMILES string of the molecule is CNCCC1CCCCN1Cc1ccc(Cl)cc1Cl. The Morgan fingerprint density at radius 3 is 2.89 bits per heavy atom. The third-order valence-electron chi connectivity index (χ3n) is 3.87. The Morgan fingerprint density at radius 1 is 1.32 bits per heavy atom. The molecule has 2 nitrogen and oxygen atoms in total. The predicted octanol–water partition coefficient (Wildman–Crippen LogP) is 3.96. The Labute approximate surface area is 126 Å². The Bertz CT molecular complexity index is 409. The van der Waals surface area contributed by atoms with Crippen LogP contribution in [0.2, 0.25) is 10.0 Å². The van der Waals surface area contributed by atoms with Gasteiger partial charge < -0.3 is 5.32 Å². The normalized spacial score (nSPS) is 20.7. The first kappa shape index (κ1) is 15.1. The van der Waals surface area contributed by atoms with E-state index in [4.69, 9.17) is 23.2 Å². The van der Waals surface area contributed by atoms with E-state index in [1.54, 1.807) is 0 Å². The highest BCUT2D eigenvalue weighted by Crippen LogP contribution is 2.26. The molecule has 1 atom stereocenters. The number of hydrogen-bond acceptors (Lipinski definition) is 2. The van der Waals surface area contributed by atoms with Crippen LogP contribution in [0.4, 0.5) is 0 Å². The maximum absolute atomic E-state index is 6.28.